The average molecular weight is 342 g/mol. The van der Waals surface area contributed by atoms with Gasteiger partial charge in [-0.15, -0.1) is 0 Å². The van der Waals surface area contributed by atoms with E-state index in [0.29, 0.717) is 22.7 Å². The van der Waals surface area contributed by atoms with Gasteiger partial charge >= 0.3 is 11.7 Å². The maximum atomic E-state index is 12.2. The summed E-state index contributed by atoms with van der Waals surface area (Å²) in [6, 6.07) is 7.12. The highest BCUT2D eigenvalue weighted by Crippen LogP contribution is 2.32. The van der Waals surface area contributed by atoms with E-state index in [9.17, 15) is 9.59 Å². The van der Waals surface area contributed by atoms with Crippen LogP contribution in [0.15, 0.2) is 33.5 Å². The van der Waals surface area contributed by atoms with Gasteiger partial charge in [-0.25, -0.2) is 14.5 Å². The van der Waals surface area contributed by atoms with Gasteiger partial charge in [0.05, 0.1) is 12.1 Å². The minimum absolute atomic E-state index is 0.128. The topological polar surface area (TPSA) is 103 Å². The number of fused-ring (bicyclic) bond motifs is 1. The molecule has 1 fully saturated rings. The SMILES string of the molecule is O=C(O)Cn1nc(C2CCCC2)nc1Cn1c(=O)oc2ccccc21. The van der Waals surface area contributed by atoms with E-state index in [1.54, 1.807) is 18.2 Å². The van der Waals surface area contributed by atoms with Gasteiger partial charge in [0.1, 0.15) is 12.4 Å². The molecule has 1 N–H and O–H groups in total. The molecule has 0 radical (unpaired) electrons. The molecule has 8 nitrogen and oxygen atoms in total. The van der Waals surface area contributed by atoms with Crippen LogP contribution in [0.3, 0.4) is 0 Å². The number of carboxylic acids is 1. The number of hydrogen-bond donors (Lipinski definition) is 1. The summed E-state index contributed by atoms with van der Waals surface area (Å²) < 4.78 is 8.07. The third kappa shape index (κ3) is 2.95. The molecule has 0 unspecified atom stereocenters. The zero-order valence-electron chi connectivity index (χ0n) is 13.6. The van der Waals surface area contributed by atoms with E-state index in [1.807, 2.05) is 6.07 Å². The van der Waals surface area contributed by atoms with Gasteiger partial charge < -0.3 is 9.52 Å². The number of rotatable bonds is 5. The lowest BCUT2D eigenvalue weighted by Gasteiger charge is -2.03. The third-order valence-electron chi connectivity index (χ3n) is 4.64. The largest absolute Gasteiger partial charge is 0.480 e. The van der Waals surface area contributed by atoms with Crippen LogP contribution < -0.4 is 5.76 Å². The fourth-order valence-corrected chi connectivity index (χ4v) is 3.43. The maximum absolute atomic E-state index is 12.2. The summed E-state index contributed by atoms with van der Waals surface area (Å²) in [5.41, 5.74) is 1.15. The van der Waals surface area contributed by atoms with Crippen LogP contribution in [0.4, 0.5) is 0 Å². The second-order valence-corrected chi connectivity index (χ2v) is 6.34. The molecule has 0 bridgehead atoms. The molecule has 2 heterocycles. The Bertz CT molecular complexity index is 978. The highest BCUT2D eigenvalue weighted by molar-refractivity contribution is 5.72. The van der Waals surface area contributed by atoms with Gasteiger partial charge in [0, 0.05) is 5.92 Å². The Morgan fingerprint density at radius 2 is 2.04 bits per heavy atom. The van der Waals surface area contributed by atoms with Crippen molar-refractivity contribution in [3.05, 3.63) is 46.5 Å². The second-order valence-electron chi connectivity index (χ2n) is 6.34. The van der Waals surface area contributed by atoms with E-state index in [2.05, 4.69) is 10.1 Å². The van der Waals surface area contributed by atoms with Gasteiger partial charge in [-0.3, -0.25) is 9.36 Å². The normalized spacial score (nSPS) is 15.2. The van der Waals surface area contributed by atoms with Crippen LogP contribution >= 0.6 is 0 Å². The van der Waals surface area contributed by atoms with Gasteiger partial charge in [0.2, 0.25) is 0 Å². The highest BCUT2D eigenvalue weighted by atomic mass is 16.4. The first-order valence-corrected chi connectivity index (χ1v) is 8.35. The van der Waals surface area contributed by atoms with Crippen molar-refractivity contribution in [3.8, 4) is 0 Å². The fourth-order valence-electron chi connectivity index (χ4n) is 3.43. The maximum Gasteiger partial charge on any atom is 0.420 e. The second kappa shape index (κ2) is 6.19. The zero-order chi connectivity index (χ0) is 17.4. The Labute approximate surface area is 142 Å². The van der Waals surface area contributed by atoms with Gasteiger partial charge in [0.15, 0.2) is 11.4 Å². The van der Waals surface area contributed by atoms with E-state index in [4.69, 9.17) is 9.52 Å². The molecule has 2 aromatic heterocycles. The van der Waals surface area contributed by atoms with Crippen LogP contribution in [-0.4, -0.2) is 30.4 Å². The first kappa shape index (κ1) is 15.6. The standard InChI is InChI=1S/C17H18N4O4/c22-15(23)10-21-14(18-16(19-21)11-5-1-2-6-11)9-20-12-7-3-4-8-13(12)25-17(20)24/h3-4,7-8,11H,1-2,5-6,9-10H2,(H,22,23). The lowest BCUT2D eigenvalue weighted by Crippen LogP contribution is -2.20. The number of benzene rings is 1. The minimum atomic E-state index is -0.992. The molecule has 8 heteroatoms. The van der Waals surface area contributed by atoms with Crippen molar-refractivity contribution >= 4 is 17.1 Å². The summed E-state index contributed by atoms with van der Waals surface area (Å²) in [6.45, 7) is -0.150. The number of oxazole rings is 1. The van der Waals surface area contributed by atoms with Gasteiger partial charge in [-0.2, -0.15) is 5.10 Å². The van der Waals surface area contributed by atoms with Crippen LogP contribution in [-0.2, 0) is 17.9 Å². The summed E-state index contributed by atoms with van der Waals surface area (Å²) in [4.78, 5) is 27.9. The van der Waals surface area contributed by atoms with Crippen molar-refractivity contribution in [3.63, 3.8) is 0 Å². The van der Waals surface area contributed by atoms with Crippen molar-refractivity contribution in [2.45, 2.75) is 44.7 Å². The van der Waals surface area contributed by atoms with Crippen molar-refractivity contribution in [1.82, 2.24) is 19.3 Å². The molecule has 0 saturated heterocycles. The number of hydrogen-bond acceptors (Lipinski definition) is 5. The Balaban J connectivity index is 1.74. The Morgan fingerprint density at radius 3 is 2.80 bits per heavy atom. The van der Waals surface area contributed by atoms with Gasteiger partial charge in [-0.05, 0) is 25.0 Å². The van der Waals surface area contributed by atoms with E-state index in [0.717, 1.165) is 25.7 Å². The molecule has 1 aliphatic rings. The minimum Gasteiger partial charge on any atom is -0.480 e. The molecule has 1 aliphatic carbocycles. The fraction of sp³-hybridized carbons (Fsp3) is 0.412. The van der Waals surface area contributed by atoms with Crippen molar-refractivity contribution in [2.75, 3.05) is 0 Å². The van der Waals surface area contributed by atoms with E-state index < -0.39 is 11.7 Å². The predicted octanol–water partition coefficient (Wildman–Crippen LogP) is 1.98. The quantitative estimate of drug-likeness (QED) is 0.760. The Kier molecular flexibility index (Phi) is 3.87. The lowest BCUT2D eigenvalue weighted by atomic mass is 10.1. The molecule has 1 aromatic carbocycles. The first-order valence-electron chi connectivity index (χ1n) is 8.35. The molecule has 25 heavy (non-hydrogen) atoms. The monoisotopic (exact) mass is 342 g/mol. The summed E-state index contributed by atoms with van der Waals surface area (Å²) in [5.74, 6) is -0.0822. The van der Waals surface area contributed by atoms with Crippen LogP contribution in [0.2, 0.25) is 0 Å². The number of aromatic nitrogens is 4. The van der Waals surface area contributed by atoms with Crippen molar-refractivity contribution < 1.29 is 14.3 Å². The van der Waals surface area contributed by atoms with E-state index in [-0.39, 0.29) is 19.0 Å². The first-order chi connectivity index (χ1) is 12.1. The van der Waals surface area contributed by atoms with E-state index >= 15 is 0 Å². The van der Waals surface area contributed by atoms with Crippen LogP contribution in [0.25, 0.3) is 11.1 Å². The van der Waals surface area contributed by atoms with E-state index in [1.165, 1.54) is 9.25 Å². The number of carbonyl (C=O) groups is 1. The summed E-state index contributed by atoms with van der Waals surface area (Å²) in [6.07, 6.45) is 4.31. The molecule has 3 aromatic rings. The molecule has 0 spiro atoms. The summed E-state index contributed by atoms with van der Waals surface area (Å²) in [5, 5.41) is 13.5. The molecule has 4 rings (SSSR count). The molecular weight excluding hydrogens is 324 g/mol. The summed E-state index contributed by atoms with van der Waals surface area (Å²) in [7, 11) is 0. The highest BCUT2D eigenvalue weighted by Gasteiger charge is 2.24. The number of para-hydroxylation sites is 2. The van der Waals surface area contributed by atoms with Crippen molar-refractivity contribution in [1.29, 1.82) is 0 Å². The van der Waals surface area contributed by atoms with Crippen LogP contribution in [0.5, 0.6) is 0 Å². The smallest absolute Gasteiger partial charge is 0.420 e. The predicted molar refractivity (Wildman–Crippen MR) is 88.4 cm³/mol. The number of nitrogens with zero attached hydrogens (tertiary/aromatic N) is 4. The van der Waals surface area contributed by atoms with Crippen molar-refractivity contribution in [2.24, 2.45) is 0 Å². The molecule has 0 aliphatic heterocycles. The molecule has 0 amide bonds. The third-order valence-corrected chi connectivity index (χ3v) is 4.64. The Hall–Kier alpha value is -2.90. The van der Waals surface area contributed by atoms with Crippen LogP contribution in [0.1, 0.15) is 43.3 Å². The molecule has 130 valence electrons. The molecule has 1 saturated carbocycles. The number of carboxylic acid groups (broad SMARTS) is 1. The van der Waals surface area contributed by atoms with Crippen LogP contribution in [0, 0.1) is 0 Å². The molecular formula is C17H18N4O4. The van der Waals surface area contributed by atoms with Gasteiger partial charge in [0.25, 0.3) is 0 Å². The zero-order valence-corrected chi connectivity index (χ0v) is 13.6. The number of aliphatic carboxylic acids is 1. The summed E-state index contributed by atoms with van der Waals surface area (Å²) >= 11 is 0. The average Bonchev–Trinajstić information content (AvgIpc) is 3.28. The molecule has 0 atom stereocenters. The Morgan fingerprint density at radius 1 is 1.28 bits per heavy atom. The van der Waals surface area contributed by atoms with Gasteiger partial charge in [-0.1, -0.05) is 25.0 Å². The lowest BCUT2D eigenvalue weighted by molar-refractivity contribution is -0.137.